The lowest BCUT2D eigenvalue weighted by molar-refractivity contribution is -0.165. The Morgan fingerprint density at radius 1 is 1.00 bits per heavy atom. The lowest BCUT2D eigenvalue weighted by Crippen LogP contribution is -2.64. The number of carbonyl (C=O) groups excluding carboxylic acids is 2. The molecule has 1 unspecified atom stereocenters. The summed E-state index contributed by atoms with van der Waals surface area (Å²) in [6.07, 6.45) is 11.6. The van der Waals surface area contributed by atoms with E-state index in [1.807, 2.05) is 17.0 Å². The van der Waals surface area contributed by atoms with E-state index in [-0.39, 0.29) is 29.8 Å². The summed E-state index contributed by atoms with van der Waals surface area (Å²) >= 11 is 0. The van der Waals surface area contributed by atoms with Crippen LogP contribution in [0.2, 0.25) is 0 Å². The average molecular weight is 381 g/mol. The monoisotopic (exact) mass is 380 g/mol. The van der Waals surface area contributed by atoms with E-state index in [1.54, 1.807) is 0 Å². The molecule has 1 aromatic carbocycles. The molecular weight excluding hydrogens is 348 g/mol. The highest BCUT2D eigenvalue weighted by Gasteiger charge is 2.52. The Labute approximate surface area is 168 Å². The fraction of sp³-hybridized carbons (Fsp3) is 0.583. The Hall–Kier alpha value is -2.10. The minimum atomic E-state index is -0.511. The summed E-state index contributed by atoms with van der Waals surface area (Å²) in [6, 6.07) is 8.18. The molecule has 0 aromatic heterocycles. The van der Waals surface area contributed by atoms with Gasteiger partial charge in [0.25, 0.3) is 0 Å². The zero-order valence-electron chi connectivity index (χ0n) is 17.1. The summed E-state index contributed by atoms with van der Waals surface area (Å²) in [6.45, 7) is 4.33. The lowest BCUT2D eigenvalue weighted by Gasteiger charge is -2.51. The Balaban J connectivity index is 1.59. The van der Waals surface area contributed by atoms with Crippen molar-refractivity contribution in [1.29, 1.82) is 0 Å². The molecule has 1 aliphatic heterocycles. The van der Waals surface area contributed by atoms with E-state index in [0.717, 1.165) is 31.2 Å². The van der Waals surface area contributed by atoms with Gasteiger partial charge in [0.2, 0.25) is 11.8 Å². The molecule has 2 aliphatic carbocycles. The average Bonchev–Trinajstić information content (AvgIpc) is 2.72. The predicted octanol–water partition coefficient (Wildman–Crippen LogP) is 4.48. The molecule has 1 N–H and O–H groups in total. The summed E-state index contributed by atoms with van der Waals surface area (Å²) in [7, 11) is 0. The van der Waals surface area contributed by atoms with E-state index in [0.29, 0.717) is 5.92 Å². The smallest absolute Gasteiger partial charge is 0.247 e. The number of fused-ring (bicyclic) bond motifs is 1. The molecule has 4 nitrogen and oxygen atoms in total. The molecule has 2 amide bonds. The van der Waals surface area contributed by atoms with Crippen LogP contribution >= 0.6 is 0 Å². The number of amides is 2. The van der Waals surface area contributed by atoms with Gasteiger partial charge in [0.05, 0.1) is 5.92 Å². The van der Waals surface area contributed by atoms with Gasteiger partial charge in [-0.1, -0.05) is 69.5 Å². The highest BCUT2D eigenvalue weighted by Crippen LogP contribution is 2.42. The second kappa shape index (κ2) is 8.10. The third-order valence-electron chi connectivity index (χ3n) is 6.72. The maximum Gasteiger partial charge on any atom is 0.247 e. The van der Waals surface area contributed by atoms with Gasteiger partial charge in [0, 0.05) is 12.1 Å². The van der Waals surface area contributed by atoms with Gasteiger partial charge in [0.1, 0.15) is 6.04 Å². The fourth-order valence-corrected chi connectivity index (χ4v) is 4.99. The van der Waals surface area contributed by atoms with E-state index in [2.05, 4.69) is 43.4 Å². The summed E-state index contributed by atoms with van der Waals surface area (Å²) in [5.41, 5.74) is 2.18. The number of allylic oxidation sites excluding steroid dienone is 1. The summed E-state index contributed by atoms with van der Waals surface area (Å²) in [5.74, 6) is 0.628. The van der Waals surface area contributed by atoms with E-state index in [1.165, 1.54) is 24.8 Å². The number of hydrogen-bond acceptors (Lipinski definition) is 2. The highest BCUT2D eigenvalue weighted by molar-refractivity contribution is 5.94. The number of carbonyl (C=O) groups is 2. The standard InChI is InChI=1S/C24H32N2O2/c1-16(2)17-12-14-18(15-13-17)22(23(27)25-19-8-4-3-5-9-19)26-21-11-7-6-10-20(21)24(26)28/h6-7,12-16,19-22H,3-5,8-11H2,1-2H3,(H,25,27)/t20-,21+,22?/m1/s1. The van der Waals surface area contributed by atoms with Crippen molar-refractivity contribution in [2.75, 3.05) is 0 Å². The minimum absolute atomic E-state index is 0.00875. The molecule has 3 aliphatic rings. The topological polar surface area (TPSA) is 49.4 Å². The fourth-order valence-electron chi connectivity index (χ4n) is 4.99. The molecule has 1 heterocycles. The molecule has 0 spiro atoms. The molecule has 28 heavy (non-hydrogen) atoms. The summed E-state index contributed by atoms with van der Waals surface area (Å²) in [4.78, 5) is 28.1. The molecule has 3 atom stereocenters. The van der Waals surface area contributed by atoms with Gasteiger partial charge < -0.3 is 10.2 Å². The lowest BCUT2D eigenvalue weighted by atomic mass is 9.77. The number of benzene rings is 1. The summed E-state index contributed by atoms with van der Waals surface area (Å²) in [5, 5.41) is 3.27. The van der Waals surface area contributed by atoms with Crippen molar-refractivity contribution in [1.82, 2.24) is 10.2 Å². The Morgan fingerprint density at radius 2 is 1.64 bits per heavy atom. The highest BCUT2D eigenvalue weighted by atomic mass is 16.2. The number of hydrogen-bond donors (Lipinski definition) is 1. The minimum Gasteiger partial charge on any atom is -0.351 e. The van der Waals surface area contributed by atoms with Crippen LogP contribution < -0.4 is 5.32 Å². The van der Waals surface area contributed by atoms with Crippen molar-refractivity contribution in [3.8, 4) is 0 Å². The van der Waals surface area contributed by atoms with Gasteiger partial charge >= 0.3 is 0 Å². The van der Waals surface area contributed by atoms with E-state index in [9.17, 15) is 9.59 Å². The zero-order valence-corrected chi connectivity index (χ0v) is 17.1. The van der Waals surface area contributed by atoms with E-state index >= 15 is 0 Å². The summed E-state index contributed by atoms with van der Waals surface area (Å²) < 4.78 is 0. The van der Waals surface area contributed by atoms with Gasteiger partial charge in [0.15, 0.2) is 0 Å². The quantitative estimate of drug-likeness (QED) is 0.605. The molecule has 4 heteroatoms. The van der Waals surface area contributed by atoms with Gasteiger partial charge in [-0.25, -0.2) is 0 Å². The van der Waals surface area contributed by atoms with Crippen molar-refractivity contribution in [2.45, 2.75) is 82.8 Å². The maximum absolute atomic E-state index is 13.4. The SMILES string of the molecule is CC(C)c1ccc(C(C(=O)NC2CCCCC2)N2C(=O)[C@@H]3CC=CC[C@@H]32)cc1. The second-order valence-corrected chi connectivity index (χ2v) is 8.93. The van der Waals surface area contributed by atoms with Crippen LogP contribution in [0.5, 0.6) is 0 Å². The van der Waals surface area contributed by atoms with Crippen LogP contribution in [0.1, 0.15) is 81.9 Å². The van der Waals surface area contributed by atoms with Crippen LogP contribution in [0.4, 0.5) is 0 Å². The van der Waals surface area contributed by atoms with E-state index < -0.39 is 6.04 Å². The van der Waals surface area contributed by atoms with Crippen LogP contribution in [0, 0.1) is 5.92 Å². The predicted molar refractivity (Wildman–Crippen MR) is 111 cm³/mol. The third kappa shape index (κ3) is 3.61. The van der Waals surface area contributed by atoms with Crippen LogP contribution in [-0.2, 0) is 9.59 Å². The van der Waals surface area contributed by atoms with Crippen LogP contribution in [0.3, 0.4) is 0 Å². The number of rotatable bonds is 5. The number of nitrogens with zero attached hydrogens (tertiary/aromatic N) is 1. The second-order valence-electron chi connectivity index (χ2n) is 8.93. The number of β-lactam (4-membered cyclic amide) rings is 1. The first-order valence-corrected chi connectivity index (χ1v) is 10.9. The molecule has 150 valence electrons. The van der Waals surface area contributed by atoms with E-state index in [4.69, 9.17) is 0 Å². The Bertz CT molecular complexity index is 746. The van der Waals surface area contributed by atoms with Crippen molar-refractivity contribution < 1.29 is 9.59 Å². The van der Waals surface area contributed by atoms with Crippen LogP contribution in [0.15, 0.2) is 36.4 Å². The first-order chi connectivity index (χ1) is 13.6. The number of nitrogens with one attached hydrogen (secondary N) is 1. The Kier molecular flexibility index (Phi) is 5.56. The molecule has 2 fully saturated rings. The third-order valence-corrected chi connectivity index (χ3v) is 6.72. The first kappa shape index (κ1) is 19.2. The normalized spacial score (nSPS) is 26.0. The maximum atomic E-state index is 13.4. The van der Waals surface area contributed by atoms with Crippen molar-refractivity contribution in [3.63, 3.8) is 0 Å². The van der Waals surface area contributed by atoms with Crippen molar-refractivity contribution >= 4 is 11.8 Å². The zero-order chi connectivity index (χ0) is 19.7. The van der Waals surface area contributed by atoms with Gasteiger partial charge in [-0.3, -0.25) is 9.59 Å². The molecule has 0 bridgehead atoms. The molecule has 1 saturated heterocycles. The molecule has 0 radical (unpaired) electrons. The van der Waals surface area contributed by atoms with Crippen molar-refractivity contribution in [3.05, 3.63) is 47.5 Å². The van der Waals surface area contributed by atoms with Gasteiger partial charge in [-0.05, 0) is 42.7 Å². The number of likely N-dealkylation sites (tertiary alicyclic amines) is 1. The Morgan fingerprint density at radius 3 is 2.32 bits per heavy atom. The molecule has 4 rings (SSSR count). The van der Waals surface area contributed by atoms with Crippen LogP contribution in [0.25, 0.3) is 0 Å². The molecular formula is C24H32N2O2. The molecule has 1 saturated carbocycles. The van der Waals surface area contributed by atoms with Gasteiger partial charge in [-0.15, -0.1) is 0 Å². The van der Waals surface area contributed by atoms with Crippen molar-refractivity contribution in [2.24, 2.45) is 5.92 Å². The molecule has 1 aromatic rings. The largest absolute Gasteiger partial charge is 0.351 e. The first-order valence-electron chi connectivity index (χ1n) is 10.9. The van der Waals surface area contributed by atoms with Gasteiger partial charge in [-0.2, -0.15) is 0 Å². The van der Waals surface area contributed by atoms with Crippen LogP contribution in [-0.4, -0.2) is 28.8 Å².